The lowest BCUT2D eigenvalue weighted by atomic mass is 9.98. The molecule has 0 radical (unpaired) electrons. The lowest BCUT2D eigenvalue weighted by Gasteiger charge is -2.34. The normalized spacial score (nSPS) is 24.8. The fourth-order valence-corrected chi connectivity index (χ4v) is 5.64. The summed E-state index contributed by atoms with van der Waals surface area (Å²) >= 11 is 6.42. The molecular weight excluding hydrogens is 518 g/mol. The topological polar surface area (TPSA) is 105 Å². The molecule has 2 fully saturated rings. The number of piperidine rings is 1. The van der Waals surface area contributed by atoms with Gasteiger partial charge in [-0.3, -0.25) is 4.79 Å². The van der Waals surface area contributed by atoms with Crippen LogP contribution in [0.2, 0.25) is 5.02 Å². The maximum Gasteiger partial charge on any atom is 0.301 e. The van der Waals surface area contributed by atoms with E-state index in [1.54, 1.807) is 25.2 Å². The smallest absolute Gasteiger partial charge is 0.301 e. The van der Waals surface area contributed by atoms with Gasteiger partial charge in [0.25, 0.3) is 5.56 Å². The van der Waals surface area contributed by atoms with Crippen molar-refractivity contribution in [1.29, 1.82) is 0 Å². The first-order chi connectivity index (χ1) is 18.1. The minimum atomic E-state index is -3.11. The Hall–Kier alpha value is -3.18. The molecule has 1 saturated heterocycles. The van der Waals surface area contributed by atoms with Gasteiger partial charge in [-0.1, -0.05) is 18.5 Å². The SMILES string of the molecule is C[C@H]1C[C@H](O)CN(c2ncc(Cl)c(Nc3ccc4c(c3)c3c(c(=O)n4C)OCC(F)(F)C(C4CC4)N3)n2)C1. The van der Waals surface area contributed by atoms with Crippen LogP contribution in [0.5, 0.6) is 5.75 Å². The minimum Gasteiger partial charge on any atom is -0.480 e. The third-order valence-electron chi connectivity index (χ3n) is 7.53. The van der Waals surface area contributed by atoms with Crippen molar-refractivity contribution in [3.05, 3.63) is 39.8 Å². The molecule has 3 aromatic rings. The average molecular weight is 547 g/mol. The Labute approximate surface area is 222 Å². The zero-order chi connectivity index (χ0) is 26.8. The number of nitrogens with one attached hydrogen (secondary N) is 2. The fourth-order valence-electron chi connectivity index (χ4n) is 5.50. The Morgan fingerprint density at radius 2 is 2.08 bits per heavy atom. The third-order valence-corrected chi connectivity index (χ3v) is 7.80. The quantitative estimate of drug-likeness (QED) is 0.448. The molecule has 1 unspecified atom stereocenters. The zero-order valence-corrected chi connectivity index (χ0v) is 21.8. The molecule has 3 N–H and O–H groups in total. The molecule has 9 nitrogen and oxygen atoms in total. The van der Waals surface area contributed by atoms with E-state index in [2.05, 4.69) is 27.5 Å². The Balaban J connectivity index is 1.38. The van der Waals surface area contributed by atoms with E-state index in [4.69, 9.17) is 16.3 Å². The summed E-state index contributed by atoms with van der Waals surface area (Å²) in [5.41, 5.74) is 0.958. The van der Waals surface area contributed by atoms with E-state index in [-0.39, 0.29) is 17.4 Å². The van der Waals surface area contributed by atoms with Gasteiger partial charge in [-0.2, -0.15) is 4.98 Å². The van der Waals surface area contributed by atoms with Crippen LogP contribution in [0.15, 0.2) is 29.2 Å². The van der Waals surface area contributed by atoms with Crippen molar-refractivity contribution >= 4 is 45.6 Å². The summed E-state index contributed by atoms with van der Waals surface area (Å²) in [4.78, 5) is 23.9. The lowest BCUT2D eigenvalue weighted by Crippen LogP contribution is -2.44. The molecule has 202 valence electrons. The van der Waals surface area contributed by atoms with Gasteiger partial charge in [-0.05, 0) is 49.3 Å². The Morgan fingerprint density at radius 3 is 2.82 bits per heavy atom. The number of fused-ring (bicyclic) bond motifs is 3. The van der Waals surface area contributed by atoms with Crippen LogP contribution < -0.4 is 25.8 Å². The Kier molecular flexibility index (Phi) is 6.10. The number of halogens is 3. The van der Waals surface area contributed by atoms with E-state index in [0.717, 1.165) is 6.42 Å². The molecule has 3 aliphatic rings. The van der Waals surface area contributed by atoms with Gasteiger partial charge in [0.05, 0.1) is 29.5 Å². The molecule has 12 heteroatoms. The van der Waals surface area contributed by atoms with Crippen LogP contribution in [-0.2, 0) is 7.05 Å². The van der Waals surface area contributed by atoms with Crippen molar-refractivity contribution in [2.24, 2.45) is 18.9 Å². The van der Waals surface area contributed by atoms with Gasteiger partial charge in [0.15, 0.2) is 12.4 Å². The first-order valence-corrected chi connectivity index (χ1v) is 13.1. The number of anilines is 4. The van der Waals surface area contributed by atoms with Crippen molar-refractivity contribution in [2.75, 3.05) is 35.2 Å². The lowest BCUT2D eigenvalue weighted by molar-refractivity contribution is -0.0579. The molecular formula is C26H29ClF2N6O3. The average Bonchev–Trinajstić information content (AvgIpc) is 3.71. The summed E-state index contributed by atoms with van der Waals surface area (Å²) in [7, 11) is 1.59. The van der Waals surface area contributed by atoms with E-state index >= 15 is 0 Å². The highest BCUT2D eigenvalue weighted by Gasteiger charge is 2.51. The summed E-state index contributed by atoms with van der Waals surface area (Å²) in [6.07, 6.45) is 3.19. The number of aryl methyl sites for hydroxylation is 1. The molecule has 6 rings (SSSR count). The van der Waals surface area contributed by atoms with E-state index in [1.165, 1.54) is 10.8 Å². The second-order valence-electron chi connectivity index (χ2n) is 10.7. The Morgan fingerprint density at radius 1 is 1.29 bits per heavy atom. The van der Waals surface area contributed by atoms with Crippen LogP contribution in [-0.4, -0.2) is 57.4 Å². The van der Waals surface area contributed by atoms with Gasteiger partial charge >= 0.3 is 5.92 Å². The van der Waals surface area contributed by atoms with Gasteiger partial charge in [0, 0.05) is 31.2 Å². The molecule has 2 aromatic heterocycles. The highest BCUT2D eigenvalue weighted by molar-refractivity contribution is 6.32. The molecule has 0 bridgehead atoms. The number of aromatic nitrogens is 3. The van der Waals surface area contributed by atoms with Crippen LogP contribution in [0.25, 0.3) is 10.9 Å². The number of β-amino-alcohol motifs (C(OH)–C–C–N with tert-alkyl or cyclic N) is 1. The monoisotopic (exact) mass is 546 g/mol. The van der Waals surface area contributed by atoms with Crippen molar-refractivity contribution in [2.45, 2.75) is 44.3 Å². The van der Waals surface area contributed by atoms with Gasteiger partial charge in [-0.15, -0.1) is 0 Å². The number of hydrogen-bond acceptors (Lipinski definition) is 8. The molecule has 1 aliphatic carbocycles. The number of aliphatic hydroxyl groups excluding tert-OH is 1. The van der Waals surface area contributed by atoms with E-state index in [0.29, 0.717) is 65.2 Å². The minimum absolute atomic E-state index is 0.111. The van der Waals surface area contributed by atoms with Crippen LogP contribution >= 0.6 is 11.6 Å². The molecule has 3 atom stereocenters. The molecule has 4 heterocycles. The number of rotatable bonds is 4. The summed E-state index contributed by atoms with van der Waals surface area (Å²) in [6.45, 7) is 2.36. The number of pyridine rings is 1. The number of aliphatic hydroxyl groups is 1. The summed E-state index contributed by atoms with van der Waals surface area (Å²) in [6, 6.07) is 4.16. The van der Waals surface area contributed by atoms with Gasteiger partial charge in [-0.25, -0.2) is 13.8 Å². The molecule has 1 aromatic carbocycles. The zero-order valence-electron chi connectivity index (χ0n) is 21.0. The van der Waals surface area contributed by atoms with Gasteiger partial charge in [0.2, 0.25) is 11.7 Å². The third kappa shape index (κ3) is 4.51. The summed E-state index contributed by atoms with van der Waals surface area (Å²) < 4.78 is 36.7. The highest BCUT2D eigenvalue weighted by Crippen LogP contribution is 2.45. The second kappa shape index (κ2) is 9.23. The van der Waals surface area contributed by atoms with Crippen molar-refractivity contribution in [1.82, 2.24) is 14.5 Å². The number of ether oxygens (including phenoxy) is 1. The Bertz CT molecular complexity index is 1450. The maximum absolute atomic E-state index is 14.9. The maximum atomic E-state index is 14.9. The standard InChI is InChI=1S/C26H29ClF2N6O3/c1-13-7-16(36)11-35(10-13)25-30-9-18(27)23(33-25)31-15-5-6-19-17(8-15)20-21(24(37)34(19)2)38-12-26(28,29)22(32-20)14-3-4-14/h5-6,8-9,13-14,16,22,32,36H,3-4,7,10-12H2,1-2H3,(H,30,31,33)/t13-,16-,22?/m0/s1. The van der Waals surface area contributed by atoms with Crippen molar-refractivity contribution in [3.8, 4) is 5.75 Å². The molecule has 38 heavy (non-hydrogen) atoms. The molecule has 1 saturated carbocycles. The summed E-state index contributed by atoms with van der Waals surface area (Å²) in [5.74, 6) is -2.29. The van der Waals surface area contributed by atoms with E-state index in [9.17, 15) is 18.7 Å². The van der Waals surface area contributed by atoms with E-state index in [1.807, 2.05) is 4.90 Å². The van der Waals surface area contributed by atoms with Crippen LogP contribution in [0.1, 0.15) is 26.2 Å². The first kappa shape index (κ1) is 25.1. The van der Waals surface area contributed by atoms with Crippen LogP contribution in [0, 0.1) is 11.8 Å². The second-order valence-corrected chi connectivity index (χ2v) is 11.1. The summed E-state index contributed by atoms with van der Waals surface area (Å²) in [5, 5.41) is 17.3. The van der Waals surface area contributed by atoms with Crippen LogP contribution in [0.3, 0.4) is 0 Å². The highest BCUT2D eigenvalue weighted by atomic mass is 35.5. The van der Waals surface area contributed by atoms with E-state index < -0.39 is 30.2 Å². The number of hydrogen-bond donors (Lipinski definition) is 3. The number of benzene rings is 1. The number of nitrogens with zero attached hydrogens (tertiary/aromatic N) is 4. The molecule has 0 spiro atoms. The van der Waals surface area contributed by atoms with Crippen molar-refractivity contribution in [3.63, 3.8) is 0 Å². The first-order valence-electron chi connectivity index (χ1n) is 12.8. The van der Waals surface area contributed by atoms with Gasteiger partial charge in [0.1, 0.15) is 5.02 Å². The van der Waals surface area contributed by atoms with Gasteiger partial charge < -0.3 is 29.9 Å². The largest absolute Gasteiger partial charge is 0.480 e. The van der Waals surface area contributed by atoms with Crippen molar-refractivity contribution < 1.29 is 18.6 Å². The molecule has 0 amide bonds. The fraction of sp³-hybridized carbons (Fsp3) is 0.500. The predicted octanol–water partition coefficient (Wildman–Crippen LogP) is 4.15. The predicted molar refractivity (Wildman–Crippen MR) is 142 cm³/mol. The number of alkyl halides is 2. The van der Waals surface area contributed by atoms with Crippen LogP contribution in [0.4, 0.5) is 31.9 Å². The molecule has 2 aliphatic heterocycles.